The maximum absolute atomic E-state index is 12.7. The van der Waals surface area contributed by atoms with Gasteiger partial charge in [0.2, 0.25) is 5.91 Å². The summed E-state index contributed by atoms with van der Waals surface area (Å²) in [5.74, 6) is 0.571. The number of aryl methyl sites for hydroxylation is 1. The van der Waals surface area contributed by atoms with Gasteiger partial charge in [-0.25, -0.2) is 0 Å². The number of carbonyl (C=O) groups excluding carboxylic acids is 1. The molecule has 146 valence electrons. The zero-order valence-corrected chi connectivity index (χ0v) is 15.7. The summed E-state index contributed by atoms with van der Waals surface area (Å²) in [6.07, 6.45) is 0.701. The van der Waals surface area contributed by atoms with Crippen LogP contribution in [0, 0.1) is 5.92 Å². The third-order valence-electron chi connectivity index (χ3n) is 5.25. The van der Waals surface area contributed by atoms with Crippen molar-refractivity contribution < 1.29 is 18.0 Å². The summed E-state index contributed by atoms with van der Waals surface area (Å²) in [5.41, 5.74) is 1.10. The molecule has 2 fully saturated rings. The van der Waals surface area contributed by atoms with Gasteiger partial charge in [-0.15, -0.1) is 0 Å². The number of hydrogen-bond acceptors (Lipinski definition) is 4. The molecule has 3 rings (SSSR count). The molecule has 0 aromatic carbocycles. The van der Waals surface area contributed by atoms with Crippen molar-refractivity contribution in [1.82, 2.24) is 20.0 Å². The highest BCUT2D eigenvalue weighted by Gasteiger charge is 2.41. The van der Waals surface area contributed by atoms with Gasteiger partial charge in [0, 0.05) is 48.9 Å². The lowest BCUT2D eigenvalue weighted by atomic mass is 9.85. The van der Waals surface area contributed by atoms with E-state index >= 15 is 0 Å². The first-order valence-electron chi connectivity index (χ1n) is 8.99. The smallest absolute Gasteiger partial charge is 0.352 e. The second-order valence-corrected chi connectivity index (χ2v) is 8.32. The van der Waals surface area contributed by atoms with Gasteiger partial charge < -0.3 is 5.32 Å². The van der Waals surface area contributed by atoms with Crippen LogP contribution < -0.4 is 5.32 Å². The fourth-order valence-corrected chi connectivity index (χ4v) is 4.93. The summed E-state index contributed by atoms with van der Waals surface area (Å²) in [5, 5.41) is 7.15. The van der Waals surface area contributed by atoms with E-state index in [-0.39, 0.29) is 37.4 Å². The van der Waals surface area contributed by atoms with Crippen LogP contribution in [0.2, 0.25) is 0 Å². The van der Waals surface area contributed by atoms with Crippen LogP contribution in [-0.4, -0.2) is 57.4 Å². The van der Waals surface area contributed by atoms with Gasteiger partial charge in [0.25, 0.3) is 0 Å². The van der Waals surface area contributed by atoms with Gasteiger partial charge in [-0.05, 0) is 25.7 Å². The van der Waals surface area contributed by atoms with Crippen molar-refractivity contribution in [3.05, 3.63) is 18.0 Å². The van der Waals surface area contributed by atoms with E-state index in [9.17, 15) is 18.0 Å². The van der Waals surface area contributed by atoms with Crippen LogP contribution >= 0.6 is 11.8 Å². The van der Waals surface area contributed by atoms with Crippen LogP contribution in [0.15, 0.2) is 12.4 Å². The topological polar surface area (TPSA) is 50.2 Å². The van der Waals surface area contributed by atoms with Crippen molar-refractivity contribution >= 4 is 17.7 Å². The molecule has 26 heavy (non-hydrogen) atoms. The highest BCUT2D eigenvalue weighted by molar-refractivity contribution is 7.99. The van der Waals surface area contributed by atoms with E-state index in [1.807, 2.05) is 31.2 Å². The molecule has 0 radical (unpaired) electrons. The number of alkyl halides is 3. The Hall–Kier alpha value is -1.22. The van der Waals surface area contributed by atoms with Crippen molar-refractivity contribution in [3.63, 3.8) is 0 Å². The molecule has 2 heterocycles. The molecule has 5 nitrogen and oxygen atoms in total. The molecular weight excluding hydrogens is 365 g/mol. The second kappa shape index (κ2) is 8.21. The SMILES string of the molecule is Cn1cc(C2CSCCN2CC(=O)NC2CCC(C(F)(F)F)CC2)cn1. The van der Waals surface area contributed by atoms with Crippen LogP contribution in [0.1, 0.15) is 37.3 Å². The van der Waals surface area contributed by atoms with Gasteiger partial charge in [0.05, 0.1) is 18.7 Å². The maximum atomic E-state index is 12.7. The lowest BCUT2D eigenvalue weighted by molar-refractivity contribution is -0.182. The van der Waals surface area contributed by atoms with E-state index in [0.29, 0.717) is 12.8 Å². The van der Waals surface area contributed by atoms with Crippen LogP contribution in [0.4, 0.5) is 13.2 Å². The van der Waals surface area contributed by atoms with Gasteiger partial charge in [0.1, 0.15) is 0 Å². The molecule has 1 N–H and O–H groups in total. The fraction of sp³-hybridized carbons (Fsp3) is 0.765. The number of hydrogen-bond donors (Lipinski definition) is 1. The van der Waals surface area contributed by atoms with Crippen LogP contribution in [0.5, 0.6) is 0 Å². The molecule has 0 spiro atoms. The molecule has 0 bridgehead atoms. The van der Waals surface area contributed by atoms with E-state index in [4.69, 9.17) is 0 Å². The monoisotopic (exact) mass is 390 g/mol. The van der Waals surface area contributed by atoms with Gasteiger partial charge >= 0.3 is 6.18 Å². The maximum Gasteiger partial charge on any atom is 0.391 e. The minimum atomic E-state index is -4.11. The van der Waals surface area contributed by atoms with E-state index in [0.717, 1.165) is 23.6 Å². The lowest BCUT2D eigenvalue weighted by Gasteiger charge is -2.35. The number of amides is 1. The normalized spacial score (nSPS) is 28.1. The van der Waals surface area contributed by atoms with Gasteiger partial charge in [0.15, 0.2) is 0 Å². The van der Waals surface area contributed by atoms with Crippen molar-refractivity contribution in [3.8, 4) is 0 Å². The number of nitrogens with zero attached hydrogens (tertiary/aromatic N) is 3. The fourth-order valence-electron chi connectivity index (χ4n) is 3.77. The molecule has 1 aliphatic carbocycles. The summed E-state index contributed by atoms with van der Waals surface area (Å²) < 4.78 is 40.0. The average molecular weight is 390 g/mol. The Balaban J connectivity index is 1.51. The van der Waals surface area contributed by atoms with E-state index in [1.54, 1.807) is 4.68 Å². The third-order valence-corrected chi connectivity index (χ3v) is 6.27. The first kappa shape index (κ1) is 19.5. The second-order valence-electron chi connectivity index (χ2n) is 7.17. The summed E-state index contributed by atoms with van der Waals surface area (Å²) in [6.45, 7) is 1.10. The number of halogens is 3. The van der Waals surface area contributed by atoms with Crippen molar-refractivity contribution in [1.29, 1.82) is 0 Å². The molecule has 1 aliphatic heterocycles. The largest absolute Gasteiger partial charge is 0.391 e. The highest BCUT2D eigenvalue weighted by atomic mass is 32.2. The van der Waals surface area contributed by atoms with E-state index in [1.165, 1.54) is 0 Å². The number of nitrogens with one attached hydrogen (secondary N) is 1. The summed E-state index contributed by atoms with van der Waals surface area (Å²) >= 11 is 1.86. The van der Waals surface area contributed by atoms with Gasteiger partial charge in [-0.3, -0.25) is 14.4 Å². The molecular formula is C17H25F3N4OS. The Bertz CT molecular complexity index is 613. The Morgan fingerprint density at radius 3 is 2.69 bits per heavy atom. The Morgan fingerprint density at radius 2 is 2.08 bits per heavy atom. The predicted octanol–water partition coefficient (Wildman–Crippen LogP) is 2.75. The quantitative estimate of drug-likeness (QED) is 0.859. The van der Waals surface area contributed by atoms with Gasteiger partial charge in [-0.1, -0.05) is 0 Å². The minimum Gasteiger partial charge on any atom is -0.352 e. The van der Waals surface area contributed by atoms with Crippen molar-refractivity contribution in [2.24, 2.45) is 13.0 Å². The molecule has 9 heteroatoms. The summed E-state index contributed by atoms with van der Waals surface area (Å²) in [6, 6.07) is 0.00581. The molecule has 1 amide bonds. The van der Waals surface area contributed by atoms with E-state index < -0.39 is 12.1 Å². The summed E-state index contributed by atoms with van der Waals surface area (Å²) in [7, 11) is 1.87. The molecule has 1 aromatic heterocycles. The molecule has 1 saturated carbocycles. The van der Waals surface area contributed by atoms with Gasteiger partial charge in [-0.2, -0.15) is 30.0 Å². The Morgan fingerprint density at radius 1 is 1.35 bits per heavy atom. The first-order chi connectivity index (χ1) is 12.3. The first-order valence-corrected chi connectivity index (χ1v) is 10.1. The number of carbonyl (C=O) groups is 1. The lowest BCUT2D eigenvalue weighted by Crippen LogP contribution is -2.47. The molecule has 1 unspecified atom stereocenters. The zero-order valence-electron chi connectivity index (χ0n) is 14.8. The molecule has 2 aliphatic rings. The van der Waals surface area contributed by atoms with Crippen LogP contribution in [0.25, 0.3) is 0 Å². The minimum absolute atomic E-state index is 0.0961. The van der Waals surface area contributed by atoms with Crippen molar-refractivity contribution in [2.75, 3.05) is 24.6 Å². The Labute approximate surface area is 155 Å². The average Bonchev–Trinajstić information content (AvgIpc) is 3.01. The highest BCUT2D eigenvalue weighted by Crippen LogP contribution is 2.37. The summed E-state index contributed by atoms with van der Waals surface area (Å²) in [4.78, 5) is 14.6. The van der Waals surface area contributed by atoms with E-state index in [2.05, 4.69) is 15.3 Å². The molecule has 1 aromatic rings. The number of rotatable bonds is 4. The predicted molar refractivity (Wildman–Crippen MR) is 94.8 cm³/mol. The van der Waals surface area contributed by atoms with Crippen molar-refractivity contribution in [2.45, 2.75) is 43.9 Å². The third kappa shape index (κ3) is 4.94. The zero-order chi connectivity index (χ0) is 18.7. The molecule has 1 atom stereocenters. The number of aromatic nitrogens is 2. The standard InChI is InChI=1S/C17H25F3N4OS/c1-23-9-12(8-21-23)15-11-26-7-6-24(15)10-16(25)22-14-4-2-13(3-5-14)17(18,19)20/h8-9,13-15H,2-7,10-11H2,1H3,(H,22,25). The Kier molecular flexibility index (Phi) is 6.17. The molecule has 1 saturated heterocycles. The van der Waals surface area contributed by atoms with Crippen LogP contribution in [-0.2, 0) is 11.8 Å². The van der Waals surface area contributed by atoms with Crippen LogP contribution in [0.3, 0.4) is 0 Å². The number of thioether (sulfide) groups is 1.